The number of ether oxygens (including phenoxy) is 3. The zero-order valence-electron chi connectivity index (χ0n) is 28.0. The van der Waals surface area contributed by atoms with E-state index in [0.29, 0.717) is 24.6 Å². The first-order valence-corrected chi connectivity index (χ1v) is 20.6. The Labute approximate surface area is 300 Å². The van der Waals surface area contributed by atoms with E-state index in [2.05, 4.69) is 8.37 Å². The second-order valence-corrected chi connectivity index (χ2v) is 18.1. The molecular formula is C29H41N3O15S4. The monoisotopic (exact) mass is 799 g/mol. The lowest BCUT2D eigenvalue weighted by Gasteiger charge is -2.38. The van der Waals surface area contributed by atoms with Crippen LogP contribution in [0.2, 0.25) is 0 Å². The molecule has 2 amide bonds. The number of piperidine rings is 1. The minimum atomic E-state index is -4.08. The zero-order valence-corrected chi connectivity index (χ0v) is 31.2. The molecule has 2 aliphatic rings. The van der Waals surface area contributed by atoms with Crippen LogP contribution in [0.25, 0.3) is 0 Å². The van der Waals surface area contributed by atoms with Crippen molar-refractivity contribution >= 4 is 53.6 Å². The fraction of sp³-hybridized carbons (Fsp3) is 0.517. The molecule has 2 fully saturated rings. The molecule has 22 heteroatoms. The summed E-state index contributed by atoms with van der Waals surface area (Å²) in [5.74, 6) is -1.67. The number of benzene rings is 2. The van der Waals surface area contributed by atoms with E-state index < -0.39 is 63.1 Å². The van der Waals surface area contributed by atoms with Crippen molar-refractivity contribution < 1.29 is 67.8 Å². The van der Waals surface area contributed by atoms with Crippen LogP contribution >= 0.6 is 0 Å². The number of sulfone groups is 2. The largest absolute Gasteiger partial charge is 0.478 e. The van der Waals surface area contributed by atoms with Crippen molar-refractivity contribution in [3.05, 3.63) is 48.5 Å². The average molecular weight is 800 g/mol. The number of hydrogen-bond acceptors (Lipinski definition) is 16. The van der Waals surface area contributed by atoms with E-state index in [1.165, 1.54) is 73.7 Å². The Morgan fingerprint density at radius 1 is 0.725 bits per heavy atom. The normalized spacial score (nSPS) is 18.6. The average Bonchev–Trinajstić information content (AvgIpc) is 3.16. The van der Waals surface area contributed by atoms with Crippen molar-refractivity contribution in [2.45, 2.75) is 45.0 Å². The molecule has 0 bridgehead atoms. The van der Waals surface area contributed by atoms with Crippen molar-refractivity contribution in [3.63, 3.8) is 0 Å². The lowest BCUT2D eigenvalue weighted by Crippen LogP contribution is -2.57. The van der Waals surface area contributed by atoms with E-state index in [1.54, 1.807) is 0 Å². The van der Waals surface area contributed by atoms with Gasteiger partial charge < -0.3 is 19.1 Å². The smallest absolute Gasteiger partial charge is 0.265 e. The Bertz CT molecular complexity index is 1740. The van der Waals surface area contributed by atoms with Crippen LogP contribution in [0.15, 0.2) is 58.3 Å². The van der Waals surface area contributed by atoms with E-state index in [-0.39, 0.29) is 60.6 Å². The Hall–Kier alpha value is -3.06. The molecule has 0 aliphatic carbocycles. The third-order valence-corrected chi connectivity index (χ3v) is 14.8. The maximum absolute atomic E-state index is 13.1. The molecule has 286 valence electrons. The van der Waals surface area contributed by atoms with Gasteiger partial charge in [-0.2, -0.15) is 0 Å². The minimum absolute atomic E-state index is 0.0501. The second kappa shape index (κ2) is 18.6. The Kier molecular flexibility index (Phi) is 15.5. The van der Waals surface area contributed by atoms with Gasteiger partial charge in [0.1, 0.15) is 11.5 Å². The number of nitrogens with zero attached hydrogens (tertiary/aromatic N) is 1. The Morgan fingerprint density at radius 3 is 1.41 bits per heavy atom. The molecule has 0 spiro atoms. The summed E-state index contributed by atoms with van der Waals surface area (Å²) in [6.45, 7) is 1.01. The van der Waals surface area contributed by atoms with Crippen LogP contribution in [-0.2, 0) is 64.5 Å². The summed E-state index contributed by atoms with van der Waals surface area (Å²) in [7, 11) is -3.74. The van der Waals surface area contributed by atoms with Gasteiger partial charge in [0, 0.05) is 13.2 Å². The van der Waals surface area contributed by atoms with Crippen LogP contribution in [0.3, 0.4) is 0 Å². The maximum atomic E-state index is 13.1. The molecule has 0 radical (unpaired) electrons. The van der Waals surface area contributed by atoms with Crippen molar-refractivity contribution in [1.29, 1.82) is 0 Å². The van der Waals surface area contributed by atoms with E-state index in [4.69, 9.17) is 24.6 Å². The van der Waals surface area contributed by atoms with Gasteiger partial charge in [-0.15, -0.1) is 0 Å². The quantitative estimate of drug-likeness (QED) is 0.148. The summed E-state index contributed by atoms with van der Waals surface area (Å²) in [5.41, 5.74) is 2.96. The molecule has 0 aromatic heterocycles. The number of carbonyl (C=O) groups excluding carboxylic acids is 2. The number of rotatable bonds is 14. The molecule has 2 aromatic carbocycles. The Balaban J connectivity index is 0.000000276. The summed E-state index contributed by atoms with van der Waals surface area (Å²) < 4.78 is 95.8. The summed E-state index contributed by atoms with van der Waals surface area (Å²) in [5, 5.41) is 18.1. The van der Waals surface area contributed by atoms with E-state index in [1.807, 2.05) is 11.9 Å². The predicted octanol–water partition coefficient (Wildman–Crippen LogP) is 0.238. The number of likely N-dealkylation sites (tertiary alicyclic amines) is 1. The third-order valence-electron chi connectivity index (χ3n) is 8.44. The molecule has 2 heterocycles. The van der Waals surface area contributed by atoms with Gasteiger partial charge in [-0.3, -0.25) is 28.4 Å². The van der Waals surface area contributed by atoms with Crippen LogP contribution < -0.4 is 20.4 Å². The van der Waals surface area contributed by atoms with Gasteiger partial charge in [0.25, 0.3) is 11.8 Å². The van der Waals surface area contributed by atoms with E-state index in [9.17, 15) is 34.8 Å². The number of nitrogens with one attached hydrogen (secondary N) is 2. The standard InChI is InChI=1S/C15H22N2O7S2.C14H19NO8S2/c1-17-9-7-15(8-10-17,14(18)16-19)26(21,22)13-5-3-12(4-6-13)24-11-25(20)23-2;1-21-24(18)10-23-11-2-4-12(5-3-11)25(19,20)14(13(16)15-17)6-8-22-9-7-14/h3-6,19H,7-11H2,1-2H3,(H,16,18);2-5,17H,6-10H2,1H3,(H,15,16). The van der Waals surface area contributed by atoms with Crippen LogP contribution in [0.1, 0.15) is 25.7 Å². The predicted molar refractivity (Wildman–Crippen MR) is 181 cm³/mol. The highest BCUT2D eigenvalue weighted by molar-refractivity contribution is 7.94. The van der Waals surface area contributed by atoms with Gasteiger partial charge in [-0.25, -0.2) is 36.2 Å². The van der Waals surface area contributed by atoms with Crippen molar-refractivity contribution in [2.75, 3.05) is 59.4 Å². The molecule has 2 aliphatic heterocycles. The topological polar surface area (TPSA) is 250 Å². The summed E-state index contributed by atoms with van der Waals surface area (Å²) in [6, 6.07) is 10.9. The van der Waals surface area contributed by atoms with Crippen LogP contribution in [0.5, 0.6) is 11.5 Å². The highest BCUT2D eigenvalue weighted by Crippen LogP contribution is 2.37. The molecule has 2 unspecified atom stereocenters. The van der Waals surface area contributed by atoms with Crippen molar-refractivity contribution in [2.24, 2.45) is 0 Å². The number of amides is 2. The van der Waals surface area contributed by atoms with Gasteiger partial charge in [-0.1, -0.05) is 0 Å². The Morgan fingerprint density at radius 2 is 1.08 bits per heavy atom. The molecule has 51 heavy (non-hydrogen) atoms. The van der Waals surface area contributed by atoms with Gasteiger partial charge >= 0.3 is 0 Å². The number of carbonyl (C=O) groups is 2. The lowest BCUT2D eigenvalue weighted by molar-refractivity contribution is -0.134. The van der Waals surface area contributed by atoms with E-state index in [0.717, 1.165) is 0 Å². The van der Waals surface area contributed by atoms with Crippen molar-refractivity contribution in [3.8, 4) is 11.5 Å². The molecule has 0 saturated carbocycles. The lowest BCUT2D eigenvalue weighted by atomic mass is 9.95. The van der Waals surface area contributed by atoms with Crippen molar-refractivity contribution in [1.82, 2.24) is 15.9 Å². The molecule has 4 N–H and O–H groups in total. The summed E-state index contributed by atoms with van der Waals surface area (Å²) in [4.78, 5) is 26.2. The number of hydroxylamine groups is 2. The first kappa shape index (κ1) is 42.4. The first-order valence-electron chi connectivity index (χ1n) is 15.1. The van der Waals surface area contributed by atoms with Crippen LogP contribution in [0.4, 0.5) is 0 Å². The van der Waals surface area contributed by atoms with Gasteiger partial charge in [-0.05, 0) is 94.4 Å². The molecular weight excluding hydrogens is 759 g/mol. The fourth-order valence-corrected chi connectivity index (χ4v) is 9.88. The zero-order chi connectivity index (χ0) is 37.9. The van der Waals surface area contributed by atoms with Crippen LogP contribution in [-0.4, -0.2) is 121 Å². The molecule has 2 saturated heterocycles. The third kappa shape index (κ3) is 9.68. The van der Waals surface area contributed by atoms with E-state index >= 15 is 0 Å². The number of hydrogen-bond donors (Lipinski definition) is 4. The fourth-order valence-electron chi connectivity index (χ4n) is 5.33. The molecule has 2 aromatic rings. The minimum Gasteiger partial charge on any atom is -0.478 e. The van der Waals surface area contributed by atoms with Crippen LogP contribution in [0, 0.1) is 0 Å². The highest BCUT2D eigenvalue weighted by Gasteiger charge is 2.53. The highest BCUT2D eigenvalue weighted by atomic mass is 32.2. The van der Waals surface area contributed by atoms with Gasteiger partial charge in [0.05, 0.1) is 24.0 Å². The first-order chi connectivity index (χ1) is 24.1. The van der Waals surface area contributed by atoms with Gasteiger partial charge in [0.2, 0.25) is 0 Å². The second-order valence-electron chi connectivity index (χ2n) is 11.2. The molecule has 4 rings (SSSR count). The summed E-state index contributed by atoms with van der Waals surface area (Å²) >= 11 is -3.20. The maximum Gasteiger partial charge on any atom is 0.265 e. The molecule has 2 atom stereocenters. The summed E-state index contributed by atoms with van der Waals surface area (Å²) in [6.07, 6.45) is 0.0200. The SMILES string of the molecule is COS(=O)COc1ccc(S(=O)(=O)C2(C(=O)NO)CCN(C)CC2)cc1.COS(=O)COc1ccc(S(=O)(=O)C2(C(=O)NO)CCOCC2)cc1. The van der Waals surface area contributed by atoms with Gasteiger partial charge in [0.15, 0.2) is 63.2 Å². The molecule has 18 nitrogen and oxygen atoms in total.